The molecule has 0 saturated heterocycles. The van der Waals surface area contributed by atoms with E-state index >= 15 is 0 Å². The van der Waals surface area contributed by atoms with Crippen molar-refractivity contribution in [1.82, 2.24) is 9.97 Å². The smallest absolute Gasteiger partial charge is 0.340 e. The number of rotatable bonds is 12. The van der Waals surface area contributed by atoms with Gasteiger partial charge in [0.1, 0.15) is 0 Å². The highest BCUT2D eigenvalue weighted by Crippen LogP contribution is 2.42. The summed E-state index contributed by atoms with van der Waals surface area (Å²) < 4.78 is 11.4. The van der Waals surface area contributed by atoms with E-state index in [1.165, 1.54) is 11.1 Å². The molecule has 0 fully saturated rings. The largest absolute Gasteiger partial charge is 0.462 e. The van der Waals surface area contributed by atoms with Gasteiger partial charge in [-0.05, 0) is 69.8 Å². The number of aromatic nitrogens is 2. The van der Waals surface area contributed by atoms with Crippen LogP contribution in [0.25, 0.3) is 72.4 Å². The fourth-order valence-electron chi connectivity index (χ4n) is 8.08. The Kier molecular flexibility index (Phi) is 13.1. The third-order valence-electron chi connectivity index (χ3n) is 11.4. The fourth-order valence-corrected chi connectivity index (χ4v) is 8.08. The number of hydrogen-bond donors (Lipinski definition) is 0. The average Bonchev–Trinajstić information content (AvgIpc) is 3.29. The summed E-state index contributed by atoms with van der Waals surface area (Å²) in [5.41, 5.74) is 11.7. The molecule has 322 valence electrons. The van der Waals surface area contributed by atoms with Gasteiger partial charge in [0, 0.05) is 33.4 Å². The molecule has 0 saturated carbocycles. The molecule has 5 aromatic carbocycles. The molecule has 2 heterocycles. The lowest BCUT2D eigenvalue weighted by Gasteiger charge is -2.21. The molecule has 7 aromatic rings. The Balaban J connectivity index is 1.52. The fraction of sp³-hybridized carbons (Fsp3) is 0.207. The normalized spacial score (nSPS) is 11.9. The second kappa shape index (κ2) is 18.7. The van der Waals surface area contributed by atoms with E-state index in [1.54, 1.807) is 25.2 Å². The summed E-state index contributed by atoms with van der Waals surface area (Å²) in [7, 11) is 0. The van der Waals surface area contributed by atoms with Crippen LogP contribution in [-0.4, -0.2) is 35.1 Å². The van der Waals surface area contributed by atoms with Crippen LogP contribution < -0.4 is 0 Å². The van der Waals surface area contributed by atoms with E-state index in [4.69, 9.17) is 19.4 Å². The van der Waals surface area contributed by atoms with E-state index in [0.717, 1.165) is 44.2 Å². The molecule has 0 N–H and O–H groups in total. The van der Waals surface area contributed by atoms with Gasteiger partial charge in [-0.25, -0.2) is 19.6 Å². The highest BCUT2D eigenvalue weighted by molar-refractivity contribution is 6.08. The van der Waals surface area contributed by atoms with Crippen LogP contribution in [0.2, 0.25) is 0 Å². The molecule has 0 amide bonds. The summed E-state index contributed by atoms with van der Waals surface area (Å²) in [4.78, 5) is 38.6. The van der Waals surface area contributed by atoms with Crippen molar-refractivity contribution >= 4 is 28.3 Å². The first-order valence-electron chi connectivity index (χ1n) is 21.9. The van der Waals surface area contributed by atoms with E-state index < -0.39 is 11.9 Å². The molecule has 0 atom stereocenters. The zero-order valence-corrected chi connectivity index (χ0v) is 38.2. The van der Waals surface area contributed by atoms with Crippen molar-refractivity contribution in [2.24, 2.45) is 0 Å². The molecule has 0 radical (unpaired) electrons. The van der Waals surface area contributed by atoms with Gasteiger partial charge in [0.15, 0.2) is 0 Å². The second-order valence-electron chi connectivity index (χ2n) is 17.8. The maximum atomic E-state index is 14.0. The Labute approximate surface area is 378 Å². The second-order valence-corrected chi connectivity index (χ2v) is 17.8. The van der Waals surface area contributed by atoms with Gasteiger partial charge in [0.05, 0.1) is 47.1 Å². The molecule has 64 heavy (non-hydrogen) atoms. The quantitative estimate of drug-likeness (QED) is 0.0900. The van der Waals surface area contributed by atoms with Crippen LogP contribution in [0.5, 0.6) is 0 Å². The maximum Gasteiger partial charge on any atom is 0.340 e. The van der Waals surface area contributed by atoms with Crippen LogP contribution in [-0.2, 0) is 20.3 Å². The van der Waals surface area contributed by atoms with Gasteiger partial charge in [-0.3, -0.25) is 0 Å². The minimum Gasteiger partial charge on any atom is -0.462 e. The van der Waals surface area contributed by atoms with Crippen LogP contribution in [0.4, 0.5) is 0 Å². The van der Waals surface area contributed by atoms with Crippen LogP contribution in [0.1, 0.15) is 92.9 Å². The maximum absolute atomic E-state index is 14.0. The van der Waals surface area contributed by atoms with Gasteiger partial charge < -0.3 is 9.47 Å². The molecule has 7 rings (SSSR count). The summed E-state index contributed by atoms with van der Waals surface area (Å²) in [6, 6.07) is 42.8. The number of carbonyl (C=O) groups is 2. The number of pyridine rings is 2. The minimum atomic E-state index is -0.473. The summed E-state index contributed by atoms with van der Waals surface area (Å²) in [5, 5.41) is 1.86. The number of benzene rings is 5. The van der Waals surface area contributed by atoms with Gasteiger partial charge in [-0.15, -0.1) is 0 Å². The third-order valence-corrected chi connectivity index (χ3v) is 11.4. The van der Waals surface area contributed by atoms with Crippen molar-refractivity contribution in [1.29, 1.82) is 0 Å². The summed E-state index contributed by atoms with van der Waals surface area (Å²) >= 11 is 0. The molecule has 0 aliphatic rings. The SMILES string of the molecule is C=C/C=C(\C=C)c1nc(-c2cccc3c(-c4cc(-c5ccc(C(C)(C)C)cc5)c(C(=O)OCC)c(-c5ccccc5)n4)cccc23)cc(-c2ccc(C(C)(C)C)cc2)c1C(=O)OCC. The van der Waals surface area contributed by atoms with Gasteiger partial charge >= 0.3 is 11.9 Å². The highest BCUT2D eigenvalue weighted by Gasteiger charge is 2.27. The van der Waals surface area contributed by atoms with Gasteiger partial charge in [0.2, 0.25) is 0 Å². The van der Waals surface area contributed by atoms with E-state index in [1.807, 2.05) is 61.5 Å². The van der Waals surface area contributed by atoms with Gasteiger partial charge in [0.25, 0.3) is 0 Å². The summed E-state index contributed by atoms with van der Waals surface area (Å²) in [6.07, 6.45) is 5.16. The monoisotopic (exact) mass is 844 g/mol. The van der Waals surface area contributed by atoms with Crippen molar-refractivity contribution in [3.8, 4) is 56.0 Å². The van der Waals surface area contributed by atoms with Gasteiger partial charge in [-0.2, -0.15) is 0 Å². The molecule has 0 aliphatic heterocycles. The molecule has 6 heteroatoms. The predicted octanol–water partition coefficient (Wildman–Crippen LogP) is 14.7. The lowest BCUT2D eigenvalue weighted by atomic mass is 9.85. The van der Waals surface area contributed by atoms with E-state index in [9.17, 15) is 9.59 Å². The molecule has 0 bridgehead atoms. The van der Waals surface area contributed by atoms with Crippen molar-refractivity contribution in [2.45, 2.75) is 66.2 Å². The zero-order chi connectivity index (χ0) is 45.8. The Morgan fingerprint density at radius 1 is 0.547 bits per heavy atom. The number of esters is 2. The third kappa shape index (κ3) is 9.14. The lowest BCUT2D eigenvalue weighted by Crippen LogP contribution is -2.13. The first-order valence-corrected chi connectivity index (χ1v) is 21.9. The predicted molar refractivity (Wildman–Crippen MR) is 264 cm³/mol. The zero-order valence-electron chi connectivity index (χ0n) is 38.2. The van der Waals surface area contributed by atoms with Gasteiger partial charge in [-0.1, -0.05) is 188 Å². The Morgan fingerprint density at radius 3 is 1.47 bits per heavy atom. The van der Waals surface area contributed by atoms with E-state index in [2.05, 4.69) is 127 Å². The topological polar surface area (TPSA) is 78.4 Å². The van der Waals surface area contributed by atoms with Crippen LogP contribution in [0, 0.1) is 0 Å². The highest BCUT2D eigenvalue weighted by atomic mass is 16.5. The molecule has 0 aliphatic carbocycles. The number of ether oxygens (including phenoxy) is 2. The molecule has 0 unspecified atom stereocenters. The first-order chi connectivity index (χ1) is 30.7. The van der Waals surface area contributed by atoms with Crippen molar-refractivity contribution in [3.05, 3.63) is 187 Å². The Morgan fingerprint density at radius 2 is 1.02 bits per heavy atom. The van der Waals surface area contributed by atoms with E-state index in [-0.39, 0.29) is 24.0 Å². The Hall–Kier alpha value is -7.18. The van der Waals surface area contributed by atoms with Crippen LogP contribution >= 0.6 is 0 Å². The minimum absolute atomic E-state index is 0.0522. The number of carbonyl (C=O) groups excluding carboxylic acids is 2. The standard InChI is InChI=1S/C58H56N2O4/c1-11-20-37(12-2)53-51(55(61)63-13-3)47(38-27-31-41(32-28-38)57(5,6)7)35-49(59-53)45-25-18-24-44-43(45)23-19-26-46(44)50-36-48(39-29-33-42(34-30-39)58(8,9)10)52(56(62)64-14-4)54(60-50)40-21-16-15-17-22-40/h11-12,15-36H,1-2,13-14H2,3-10H3/b37-20+. The van der Waals surface area contributed by atoms with Crippen molar-refractivity contribution in [3.63, 3.8) is 0 Å². The van der Waals surface area contributed by atoms with Crippen LogP contribution in [0.15, 0.2) is 159 Å². The van der Waals surface area contributed by atoms with Crippen LogP contribution in [0.3, 0.4) is 0 Å². The Bertz CT molecular complexity index is 2910. The molecule has 2 aromatic heterocycles. The number of hydrogen-bond acceptors (Lipinski definition) is 6. The first kappa shape index (κ1) is 44.9. The van der Waals surface area contributed by atoms with Crippen molar-refractivity contribution in [2.75, 3.05) is 13.2 Å². The molecular weight excluding hydrogens is 789 g/mol. The number of allylic oxidation sites excluding steroid dienone is 4. The molecule has 0 spiro atoms. The number of nitrogens with zero attached hydrogens (tertiary/aromatic N) is 2. The van der Waals surface area contributed by atoms with Crippen molar-refractivity contribution < 1.29 is 19.1 Å². The molecule has 6 nitrogen and oxygen atoms in total. The lowest BCUT2D eigenvalue weighted by molar-refractivity contribution is 0.0517. The average molecular weight is 845 g/mol. The molecular formula is C58H56N2O4. The summed E-state index contributed by atoms with van der Waals surface area (Å²) in [5.74, 6) is -0.907. The summed E-state index contributed by atoms with van der Waals surface area (Å²) in [6.45, 7) is 25.2. The number of fused-ring (bicyclic) bond motifs is 1. The van der Waals surface area contributed by atoms with E-state index in [0.29, 0.717) is 45.0 Å².